The van der Waals surface area contributed by atoms with Gasteiger partial charge in [-0.25, -0.2) is 0 Å². The number of carbonyl (C=O) groups is 1. The molecule has 0 atom stereocenters. The van der Waals surface area contributed by atoms with Crippen molar-refractivity contribution in [3.05, 3.63) is 69.5 Å². The number of benzene rings is 1. The van der Waals surface area contributed by atoms with Gasteiger partial charge in [0.2, 0.25) is 5.82 Å². The van der Waals surface area contributed by atoms with Crippen molar-refractivity contribution in [2.75, 3.05) is 7.11 Å². The highest BCUT2D eigenvalue weighted by molar-refractivity contribution is 5.75. The van der Waals surface area contributed by atoms with Crippen molar-refractivity contribution in [3.63, 3.8) is 0 Å². The van der Waals surface area contributed by atoms with Crippen molar-refractivity contribution in [1.82, 2.24) is 9.72 Å². The fourth-order valence-corrected chi connectivity index (χ4v) is 3.82. The lowest BCUT2D eigenvalue weighted by molar-refractivity contribution is -0.139. The number of carbonyl (C=O) groups excluding carboxylic acids is 1. The van der Waals surface area contributed by atoms with Gasteiger partial charge < -0.3 is 14.4 Å². The minimum absolute atomic E-state index is 0.0723. The molecule has 1 aliphatic carbocycles. The molecule has 2 aromatic heterocycles. The molecule has 3 aromatic rings. The molecule has 10 heteroatoms. The third-order valence-electron chi connectivity index (χ3n) is 5.82. The Morgan fingerprint density at radius 3 is 2.61 bits per heavy atom. The van der Waals surface area contributed by atoms with Crippen molar-refractivity contribution < 1.29 is 23.6 Å². The Hall–Kier alpha value is -3.82. The van der Waals surface area contributed by atoms with Crippen LogP contribution in [0.2, 0.25) is 0 Å². The van der Waals surface area contributed by atoms with E-state index in [9.17, 15) is 19.1 Å². The molecular weight excluding hydrogens is 431 g/mol. The summed E-state index contributed by atoms with van der Waals surface area (Å²) in [6.45, 7) is 0. The first kappa shape index (κ1) is 22.4. The fourth-order valence-electron chi connectivity index (χ4n) is 3.82. The van der Waals surface area contributed by atoms with Crippen LogP contribution in [-0.2, 0) is 28.8 Å². The van der Waals surface area contributed by atoms with E-state index >= 15 is 0 Å². The topological polar surface area (TPSA) is 119 Å². The number of methoxy groups -OCH3 is 1. The van der Waals surface area contributed by atoms with Gasteiger partial charge in [0, 0.05) is 11.6 Å². The second-order valence-corrected chi connectivity index (χ2v) is 7.81. The number of aromatic nitrogens is 2. The maximum Gasteiger partial charge on any atom is 0.310 e. The molecule has 1 N–H and O–H groups in total. The number of rotatable bonds is 8. The molecule has 0 unspecified atom stereocenters. The molecular formula is C23H23FN4O5. The Balaban J connectivity index is 1.86. The zero-order valence-corrected chi connectivity index (χ0v) is 18.0. The van der Waals surface area contributed by atoms with Gasteiger partial charge in [-0.1, -0.05) is 35.5 Å². The van der Waals surface area contributed by atoms with Crippen LogP contribution in [0.1, 0.15) is 42.0 Å². The normalized spacial score (nSPS) is 13.9. The Kier molecular flexibility index (Phi) is 6.62. The van der Waals surface area contributed by atoms with Gasteiger partial charge in [-0.3, -0.25) is 14.2 Å². The van der Waals surface area contributed by atoms with Crippen LogP contribution in [0.15, 0.2) is 56.1 Å². The summed E-state index contributed by atoms with van der Waals surface area (Å²) in [4.78, 5) is 25.6. The van der Waals surface area contributed by atoms with Crippen LogP contribution in [0.4, 0.5) is 15.9 Å². The van der Waals surface area contributed by atoms with E-state index < -0.39 is 23.2 Å². The van der Waals surface area contributed by atoms with E-state index in [-0.39, 0.29) is 29.6 Å². The average Bonchev–Trinajstić information content (AvgIpc) is 3.20. The third-order valence-corrected chi connectivity index (χ3v) is 5.82. The van der Waals surface area contributed by atoms with E-state index in [1.54, 1.807) is 0 Å². The largest absolute Gasteiger partial charge is 0.494 e. The Morgan fingerprint density at radius 1 is 1.24 bits per heavy atom. The molecule has 1 aromatic carbocycles. The molecule has 0 saturated heterocycles. The summed E-state index contributed by atoms with van der Waals surface area (Å²) in [6.07, 6.45) is 3.67. The molecule has 1 saturated carbocycles. The van der Waals surface area contributed by atoms with Gasteiger partial charge in [0.25, 0.3) is 11.4 Å². The van der Waals surface area contributed by atoms with E-state index in [2.05, 4.69) is 19.9 Å². The smallest absolute Gasteiger partial charge is 0.310 e. The minimum Gasteiger partial charge on any atom is -0.494 e. The lowest BCUT2D eigenvalue weighted by Gasteiger charge is -2.30. The summed E-state index contributed by atoms with van der Waals surface area (Å²) < 4.78 is 24.4. The predicted molar refractivity (Wildman–Crippen MR) is 115 cm³/mol. The van der Waals surface area contributed by atoms with Crippen molar-refractivity contribution >= 4 is 17.5 Å². The van der Waals surface area contributed by atoms with Crippen molar-refractivity contribution in [2.24, 2.45) is 10.2 Å². The SMILES string of the molecule is COC(=O)Cc1c(CCc2ccccc2)c(N=Nc2nocc2F)c(=O)n(C2CCC2)c1O. The Bertz CT molecular complexity index is 1230. The number of nitrogens with zero attached hydrogens (tertiary/aromatic N) is 4. The number of halogens is 1. The predicted octanol–water partition coefficient (Wildman–Crippen LogP) is 4.32. The summed E-state index contributed by atoms with van der Waals surface area (Å²) in [5.74, 6) is -2.07. The van der Waals surface area contributed by atoms with Crippen LogP contribution in [-0.4, -0.2) is 27.9 Å². The van der Waals surface area contributed by atoms with Gasteiger partial charge in [0.05, 0.1) is 13.5 Å². The molecule has 33 heavy (non-hydrogen) atoms. The van der Waals surface area contributed by atoms with Gasteiger partial charge in [-0.2, -0.15) is 4.39 Å². The van der Waals surface area contributed by atoms with Crippen molar-refractivity contribution in [1.29, 1.82) is 0 Å². The summed E-state index contributed by atoms with van der Waals surface area (Å²) in [6, 6.07) is 9.33. The lowest BCUT2D eigenvalue weighted by Crippen LogP contribution is -2.31. The van der Waals surface area contributed by atoms with Crippen LogP contribution in [0, 0.1) is 5.82 Å². The van der Waals surface area contributed by atoms with Crippen LogP contribution < -0.4 is 5.56 Å². The number of hydrogen-bond acceptors (Lipinski definition) is 8. The van der Waals surface area contributed by atoms with E-state index in [4.69, 9.17) is 4.74 Å². The van der Waals surface area contributed by atoms with Crippen LogP contribution in [0.5, 0.6) is 5.88 Å². The molecule has 2 heterocycles. The van der Waals surface area contributed by atoms with Crippen molar-refractivity contribution in [3.8, 4) is 5.88 Å². The fraction of sp³-hybridized carbons (Fsp3) is 0.348. The first-order valence-electron chi connectivity index (χ1n) is 10.6. The number of aryl methyl sites for hydroxylation is 1. The second kappa shape index (κ2) is 9.76. The Labute approximate surface area is 188 Å². The van der Waals surface area contributed by atoms with Gasteiger partial charge in [0.15, 0.2) is 17.8 Å². The summed E-state index contributed by atoms with van der Waals surface area (Å²) in [5.41, 5.74) is 0.974. The first-order chi connectivity index (χ1) is 16.0. The van der Waals surface area contributed by atoms with Gasteiger partial charge in [-0.05, 0) is 43.2 Å². The number of aromatic hydroxyl groups is 1. The average molecular weight is 454 g/mol. The van der Waals surface area contributed by atoms with Crippen molar-refractivity contribution in [2.45, 2.75) is 44.6 Å². The molecule has 0 bridgehead atoms. The molecule has 1 aliphatic rings. The highest BCUT2D eigenvalue weighted by atomic mass is 19.1. The maximum atomic E-state index is 13.8. The number of ether oxygens (including phenoxy) is 1. The minimum atomic E-state index is -0.822. The monoisotopic (exact) mass is 454 g/mol. The molecule has 0 amide bonds. The van der Waals surface area contributed by atoms with Gasteiger partial charge in [-0.15, -0.1) is 10.2 Å². The molecule has 0 radical (unpaired) electrons. The standard InChI is InChI=1S/C23H23FN4O5/c1-32-19(29)12-17-16(11-10-14-6-3-2-4-7-14)20(25-26-21-18(24)13-33-27-21)23(31)28(22(17)30)15-8-5-9-15/h2-4,6-7,13,15,30H,5,8-12H2,1H3. The molecule has 0 aliphatic heterocycles. The van der Waals surface area contributed by atoms with E-state index in [1.807, 2.05) is 30.3 Å². The summed E-state index contributed by atoms with van der Waals surface area (Å²) in [7, 11) is 1.25. The van der Waals surface area contributed by atoms with Crippen LogP contribution >= 0.6 is 0 Å². The highest BCUT2D eigenvalue weighted by Crippen LogP contribution is 2.38. The van der Waals surface area contributed by atoms with Gasteiger partial charge in [0.1, 0.15) is 0 Å². The van der Waals surface area contributed by atoms with E-state index in [0.717, 1.165) is 18.2 Å². The maximum absolute atomic E-state index is 13.8. The lowest BCUT2D eigenvalue weighted by atomic mass is 9.91. The molecule has 172 valence electrons. The van der Waals surface area contributed by atoms with Crippen LogP contribution in [0.25, 0.3) is 0 Å². The first-order valence-corrected chi connectivity index (χ1v) is 10.6. The zero-order valence-electron chi connectivity index (χ0n) is 18.0. The molecule has 9 nitrogen and oxygen atoms in total. The molecule has 4 rings (SSSR count). The highest BCUT2D eigenvalue weighted by Gasteiger charge is 2.30. The number of pyridine rings is 1. The second-order valence-electron chi connectivity index (χ2n) is 7.81. The quantitative estimate of drug-likeness (QED) is 0.400. The van der Waals surface area contributed by atoms with Crippen LogP contribution in [0.3, 0.4) is 0 Å². The number of azo groups is 1. The molecule has 0 spiro atoms. The Morgan fingerprint density at radius 2 is 2.00 bits per heavy atom. The number of esters is 1. The molecule has 1 fully saturated rings. The summed E-state index contributed by atoms with van der Waals surface area (Å²) >= 11 is 0. The third kappa shape index (κ3) is 4.69. The van der Waals surface area contributed by atoms with E-state index in [1.165, 1.54) is 11.7 Å². The zero-order chi connectivity index (χ0) is 23.4. The van der Waals surface area contributed by atoms with E-state index in [0.29, 0.717) is 31.2 Å². The number of hydrogen-bond donors (Lipinski definition) is 1. The van der Waals surface area contributed by atoms with Gasteiger partial charge >= 0.3 is 5.97 Å². The summed E-state index contributed by atoms with van der Waals surface area (Å²) in [5, 5.41) is 22.3.